The summed E-state index contributed by atoms with van der Waals surface area (Å²) in [6.07, 6.45) is 2.80. The third-order valence-corrected chi connectivity index (χ3v) is 2.67. The van der Waals surface area contributed by atoms with Crippen molar-refractivity contribution in [2.75, 3.05) is 19.0 Å². The van der Waals surface area contributed by atoms with Gasteiger partial charge in [-0.1, -0.05) is 19.1 Å². The van der Waals surface area contributed by atoms with Gasteiger partial charge in [-0.25, -0.2) is 0 Å². The standard InChI is InChI=1S/C15H18N2O/c1-3-10-18-15-7-5-4-6-13(15)14-11-12(16-2)8-9-17-14/h4-9,11H,3,10H2,1-2H3,(H,16,17). The lowest BCUT2D eigenvalue weighted by atomic mass is 10.1. The molecule has 1 heterocycles. The number of hydrogen-bond acceptors (Lipinski definition) is 3. The Morgan fingerprint density at radius 1 is 1.22 bits per heavy atom. The minimum Gasteiger partial charge on any atom is -0.493 e. The van der Waals surface area contributed by atoms with Crippen LogP contribution in [0.15, 0.2) is 42.6 Å². The van der Waals surface area contributed by atoms with Crippen LogP contribution in [-0.4, -0.2) is 18.6 Å². The van der Waals surface area contributed by atoms with Crippen molar-refractivity contribution in [3.8, 4) is 17.0 Å². The zero-order valence-electron chi connectivity index (χ0n) is 10.8. The lowest BCUT2D eigenvalue weighted by molar-refractivity contribution is 0.318. The molecular weight excluding hydrogens is 224 g/mol. The molecule has 0 saturated heterocycles. The molecule has 0 unspecified atom stereocenters. The van der Waals surface area contributed by atoms with Gasteiger partial charge >= 0.3 is 0 Å². The van der Waals surface area contributed by atoms with E-state index in [0.29, 0.717) is 0 Å². The number of anilines is 1. The molecule has 1 aromatic heterocycles. The van der Waals surface area contributed by atoms with Crippen molar-refractivity contribution in [2.45, 2.75) is 13.3 Å². The third-order valence-electron chi connectivity index (χ3n) is 2.67. The number of nitrogens with zero attached hydrogens (tertiary/aromatic N) is 1. The summed E-state index contributed by atoms with van der Waals surface area (Å²) in [6, 6.07) is 12.0. The number of benzene rings is 1. The summed E-state index contributed by atoms with van der Waals surface area (Å²) in [5, 5.41) is 3.12. The maximum atomic E-state index is 5.75. The Morgan fingerprint density at radius 2 is 2.06 bits per heavy atom. The number of rotatable bonds is 5. The summed E-state index contributed by atoms with van der Waals surface area (Å²) in [5.74, 6) is 0.889. The van der Waals surface area contributed by atoms with E-state index in [4.69, 9.17) is 4.74 Å². The predicted octanol–water partition coefficient (Wildman–Crippen LogP) is 3.58. The fourth-order valence-corrected chi connectivity index (χ4v) is 1.75. The second kappa shape index (κ2) is 6.05. The molecule has 2 rings (SSSR count). The Balaban J connectivity index is 2.36. The highest BCUT2D eigenvalue weighted by Gasteiger charge is 2.07. The monoisotopic (exact) mass is 242 g/mol. The highest BCUT2D eigenvalue weighted by Crippen LogP contribution is 2.29. The van der Waals surface area contributed by atoms with Crippen LogP contribution in [0.25, 0.3) is 11.3 Å². The molecule has 0 aliphatic heterocycles. The Hall–Kier alpha value is -2.03. The van der Waals surface area contributed by atoms with Crippen molar-refractivity contribution in [1.82, 2.24) is 4.98 Å². The minimum atomic E-state index is 0.725. The predicted molar refractivity (Wildman–Crippen MR) is 75.0 cm³/mol. The van der Waals surface area contributed by atoms with Gasteiger partial charge in [-0.2, -0.15) is 0 Å². The highest BCUT2D eigenvalue weighted by atomic mass is 16.5. The summed E-state index contributed by atoms with van der Waals surface area (Å²) in [4.78, 5) is 4.41. The van der Waals surface area contributed by atoms with E-state index in [1.54, 1.807) is 6.20 Å². The molecule has 0 amide bonds. The molecule has 3 heteroatoms. The second-order valence-electron chi connectivity index (χ2n) is 4.02. The first kappa shape index (κ1) is 12.4. The van der Waals surface area contributed by atoms with Crippen LogP contribution in [0.3, 0.4) is 0 Å². The molecule has 2 aromatic rings. The maximum absolute atomic E-state index is 5.75. The number of aromatic nitrogens is 1. The van der Waals surface area contributed by atoms with Gasteiger partial charge in [-0.15, -0.1) is 0 Å². The first-order chi connectivity index (χ1) is 8.85. The molecule has 0 fully saturated rings. The summed E-state index contributed by atoms with van der Waals surface area (Å²) >= 11 is 0. The van der Waals surface area contributed by atoms with Crippen LogP contribution >= 0.6 is 0 Å². The summed E-state index contributed by atoms with van der Waals surface area (Å²) < 4.78 is 5.75. The molecule has 94 valence electrons. The van der Waals surface area contributed by atoms with E-state index in [-0.39, 0.29) is 0 Å². The number of ether oxygens (including phenoxy) is 1. The number of para-hydroxylation sites is 1. The fourth-order valence-electron chi connectivity index (χ4n) is 1.75. The minimum absolute atomic E-state index is 0.725. The molecular formula is C15H18N2O. The van der Waals surface area contributed by atoms with Crippen LogP contribution < -0.4 is 10.1 Å². The van der Waals surface area contributed by atoms with Gasteiger partial charge < -0.3 is 10.1 Å². The summed E-state index contributed by atoms with van der Waals surface area (Å²) in [5.41, 5.74) is 3.00. The van der Waals surface area contributed by atoms with E-state index in [1.165, 1.54) is 0 Å². The first-order valence-electron chi connectivity index (χ1n) is 6.21. The van der Waals surface area contributed by atoms with Gasteiger partial charge in [0.05, 0.1) is 12.3 Å². The topological polar surface area (TPSA) is 34.1 Å². The quantitative estimate of drug-likeness (QED) is 0.870. The summed E-state index contributed by atoms with van der Waals surface area (Å²) in [7, 11) is 1.90. The zero-order valence-corrected chi connectivity index (χ0v) is 10.8. The fraction of sp³-hybridized carbons (Fsp3) is 0.267. The molecule has 1 N–H and O–H groups in total. The molecule has 0 atom stereocenters. The van der Waals surface area contributed by atoms with E-state index in [0.717, 1.165) is 35.7 Å². The Labute approximate surface area is 108 Å². The van der Waals surface area contributed by atoms with Crippen LogP contribution in [0.2, 0.25) is 0 Å². The Bertz CT molecular complexity index is 511. The molecule has 1 aromatic carbocycles. The summed E-state index contributed by atoms with van der Waals surface area (Å²) in [6.45, 7) is 2.82. The van der Waals surface area contributed by atoms with Gasteiger partial charge in [0, 0.05) is 24.5 Å². The van der Waals surface area contributed by atoms with Crippen LogP contribution in [0.4, 0.5) is 5.69 Å². The van der Waals surface area contributed by atoms with Gasteiger partial charge in [0.2, 0.25) is 0 Å². The maximum Gasteiger partial charge on any atom is 0.128 e. The van der Waals surface area contributed by atoms with Crippen molar-refractivity contribution < 1.29 is 4.74 Å². The number of pyridine rings is 1. The van der Waals surface area contributed by atoms with E-state index < -0.39 is 0 Å². The lowest BCUT2D eigenvalue weighted by Gasteiger charge is -2.11. The van der Waals surface area contributed by atoms with Crippen molar-refractivity contribution in [2.24, 2.45) is 0 Å². The average molecular weight is 242 g/mol. The third kappa shape index (κ3) is 2.80. The lowest BCUT2D eigenvalue weighted by Crippen LogP contribution is -1.98. The van der Waals surface area contributed by atoms with Crippen LogP contribution in [0.1, 0.15) is 13.3 Å². The van der Waals surface area contributed by atoms with Gasteiger partial charge in [-0.3, -0.25) is 4.98 Å². The molecule has 0 spiro atoms. The van der Waals surface area contributed by atoms with Crippen molar-refractivity contribution in [3.63, 3.8) is 0 Å². The average Bonchev–Trinajstić information content (AvgIpc) is 2.45. The number of nitrogens with one attached hydrogen (secondary N) is 1. The van der Waals surface area contributed by atoms with Crippen LogP contribution in [-0.2, 0) is 0 Å². The Morgan fingerprint density at radius 3 is 2.83 bits per heavy atom. The van der Waals surface area contributed by atoms with Crippen LogP contribution in [0, 0.1) is 0 Å². The Kier molecular flexibility index (Phi) is 4.18. The van der Waals surface area contributed by atoms with Crippen molar-refractivity contribution in [1.29, 1.82) is 0 Å². The normalized spacial score (nSPS) is 10.1. The van der Waals surface area contributed by atoms with Gasteiger partial charge in [0.1, 0.15) is 5.75 Å². The molecule has 0 radical (unpaired) electrons. The molecule has 0 saturated carbocycles. The van der Waals surface area contributed by atoms with Crippen LogP contribution in [0.5, 0.6) is 5.75 Å². The van der Waals surface area contributed by atoms with E-state index >= 15 is 0 Å². The molecule has 0 aliphatic carbocycles. The van der Waals surface area contributed by atoms with Crippen molar-refractivity contribution >= 4 is 5.69 Å². The largest absolute Gasteiger partial charge is 0.493 e. The second-order valence-corrected chi connectivity index (χ2v) is 4.02. The van der Waals surface area contributed by atoms with Gasteiger partial charge in [-0.05, 0) is 30.7 Å². The van der Waals surface area contributed by atoms with E-state index in [1.807, 2.05) is 43.4 Å². The van der Waals surface area contributed by atoms with Gasteiger partial charge in [0.25, 0.3) is 0 Å². The van der Waals surface area contributed by atoms with E-state index in [2.05, 4.69) is 17.2 Å². The number of hydrogen-bond donors (Lipinski definition) is 1. The van der Waals surface area contributed by atoms with Gasteiger partial charge in [0.15, 0.2) is 0 Å². The van der Waals surface area contributed by atoms with Crippen molar-refractivity contribution in [3.05, 3.63) is 42.6 Å². The first-order valence-corrected chi connectivity index (χ1v) is 6.21. The SMILES string of the molecule is CCCOc1ccccc1-c1cc(NC)ccn1. The highest BCUT2D eigenvalue weighted by molar-refractivity contribution is 5.69. The molecule has 3 nitrogen and oxygen atoms in total. The molecule has 0 bridgehead atoms. The molecule has 18 heavy (non-hydrogen) atoms. The zero-order chi connectivity index (χ0) is 12.8. The molecule has 0 aliphatic rings. The smallest absolute Gasteiger partial charge is 0.128 e. The van der Waals surface area contributed by atoms with E-state index in [9.17, 15) is 0 Å².